The number of hydrogen-bond donors (Lipinski definition) is 2. The van der Waals surface area contributed by atoms with Crippen LogP contribution < -0.4 is 14.9 Å². The molecule has 1 fully saturated rings. The van der Waals surface area contributed by atoms with Gasteiger partial charge in [0.1, 0.15) is 18.1 Å². The second kappa shape index (κ2) is 12.4. The molecule has 0 bridgehead atoms. The van der Waals surface area contributed by atoms with E-state index in [0.717, 1.165) is 22.3 Å². The van der Waals surface area contributed by atoms with Gasteiger partial charge in [-0.15, -0.1) is 0 Å². The first-order valence-electron chi connectivity index (χ1n) is 11.7. The van der Waals surface area contributed by atoms with Crippen LogP contribution in [-0.2, 0) is 16.2 Å². The fraction of sp³-hybridized carbons (Fsp3) is 0.143. The van der Waals surface area contributed by atoms with Gasteiger partial charge in [-0.2, -0.15) is 5.01 Å². The lowest BCUT2D eigenvalue weighted by molar-refractivity contribution is -0.145. The summed E-state index contributed by atoms with van der Waals surface area (Å²) in [5.41, 5.74) is 4.63. The van der Waals surface area contributed by atoms with Crippen LogP contribution in [-0.4, -0.2) is 38.3 Å². The van der Waals surface area contributed by atoms with Gasteiger partial charge in [-0.05, 0) is 72.2 Å². The highest BCUT2D eigenvalue weighted by Gasteiger charge is 2.33. The van der Waals surface area contributed by atoms with Crippen LogP contribution >= 0.6 is 24.0 Å². The highest BCUT2D eigenvalue weighted by molar-refractivity contribution is 8.26. The normalized spacial score (nSPS) is 14.9. The number of nitrogens with one attached hydrogen (secondary N) is 1. The van der Waals surface area contributed by atoms with Gasteiger partial charge in [0.2, 0.25) is 0 Å². The monoisotopic (exact) mass is 548 g/mol. The summed E-state index contributed by atoms with van der Waals surface area (Å²) in [6, 6.07) is 23.0. The standard InChI is InChI=1S/C28H24N2O6S2/c1-2-23(27(33)34)36-22-12-8-18(9-13-22)16-24-26(32)30(28(37)38-24)29-25(31)20-10-14-21(15-11-20)35-17-19-6-4-3-5-7-19/h3-16,23H,2,17H2,1H3,(H,29,31)(H,33,34)/b24-16+. The molecule has 4 rings (SSSR count). The van der Waals surface area contributed by atoms with Crippen LogP contribution in [0.4, 0.5) is 0 Å². The predicted molar refractivity (Wildman–Crippen MR) is 148 cm³/mol. The van der Waals surface area contributed by atoms with Gasteiger partial charge in [0.15, 0.2) is 10.4 Å². The number of benzene rings is 3. The number of carbonyl (C=O) groups is 3. The predicted octanol–water partition coefficient (Wildman–Crippen LogP) is 5.05. The van der Waals surface area contributed by atoms with Crippen LogP contribution in [0.5, 0.6) is 11.5 Å². The molecule has 1 unspecified atom stereocenters. The van der Waals surface area contributed by atoms with Crippen LogP contribution in [0.15, 0.2) is 83.8 Å². The molecule has 1 atom stereocenters. The van der Waals surface area contributed by atoms with E-state index >= 15 is 0 Å². The Labute approximate surface area is 229 Å². The average molecular weight is 549 g/mol. The molecule has 1 aliphatic rings. The molecule has 0 aromatic heterocycles. The van der Waals surface area contributed by atoms with Gasteiger partial charge in [0, 0.05) is 5.56 Å². The lowest BCUT2D eigenvalue weighted by atomic mass is 10.2. The highest BCUT2D eigenvalue weighted by atomic mass is 32.2. The number of carboxylic acids is 1. The summed E-state index contributed by atoms with van der Waals surface area (Å²) in [6.45, 7) is 2.14. The zero-order valence-electron chi connectivity index (χ0n) is 20.3. The number of carbonyl (C=O) groups excluding carboxylic acids is 2. The fourth-order valence-electron chi connectivity index (χ4n) is 3.44. The molecule has 2 N–H and O–H groups in total. The van der Waals surface area contributed by atoms with Gasteiger partial charge in [-0.25, -0.2) is 4.79 Å². The van der Waals surface area contributed by atoms with Crippen LogP contribution in [0.25, 0.3) is 6.08 Å². The summed E-state index contributed by atoms with van der Waals surface area (Å²) in [4.78, 5) is 37.2. The van der Waals surface area contributed by atoms with E-state index in [0.29, 0.717) is 40.6 Å². The molecule has 0 aliphatic carbocycles. The first-order chi connectivity index (χ1) is 18.3. The van der Waals surface area contributed by atoms with Crippen molar-refractivity contribution in [1.29, 1.82) is 0 Å². The van der Waals surface area contributed by atoms with Crippen LogP contribution in [0.3, 0.4) is 0 Å². The Morgan fingerprint density at radius 1 is 1.03 bits per heavy atom. The molecule has 194 valence electrons. The number of ether oxygens (including phenoxy) is 2. The lowest BCUT2D eigenvalue weighted by Gasteiger charge is -2.16. The lowest BCUT2D eigenvalue weighted by Crippen LogP contribution is -2.44. The topological polar surface area (TPSA) is 105 Å². The number of thioether (sulfide) groups is 1. The third-order valence-corrected chi connectivity index (χ3v) is 6.78. The highest BCUT2D eigenvalue weighted by Crippen LogP contribution is 2.32. The minimum absolute atomic E-state index is 0.199. The van der Waals surface area contributed by atoms with E-state index in [2.05, 4.69) is 5.43 Å². The number of nitrogens with zero attached hydrogens (tertiary/aromatic N) is 1. The first-order valence-corrected chi connectivity index (χ1v) is 12.9. The van der Waals surface area contributed by atoms with Crippen LogP contribution in [0, 0.1) is 0 Å². The molecular formula is C28H24N2O6S2. The average Bonchev–Trinajstić information content (AvgIpc) is 3.19. The third kappa shape index (κ3) is 6.78. The largest absolute Gasteiger partial charge is 0.489 e. The molecule has 0 saturated carbocycles. The Morgan fingerprint density at radius 3 is 2.32 bits per heavy atom. The summed E-state index contributed by atoms with van der Waals surface area (Å²) in [5, 5.41) is 10.2. The maximum Gasteiger partial charge on any atom is 0.344 e. The third-order valence-electron chi connectivity index (χ3n) is 5.47. The molecule has 0 spiro atoms. The van der Waals surface area contributed by atoms with E-state index in [1.54, 1.807) is 61.5 Å². The summed E-state index contributed by atoms with van der Waals surface area (Å²) >= 11 is 6.37. The minimum atomic E-state index is -1.03. The zero-order chi connectivity index (χ0) is 27.1. The number of amides is 2. The van der Waals surface area contributed by atoms with Crippen molar-refractivity contribution in [2.24, 2.45) is 0 Å². The van der Waals surface area contributed by atoms with Gasteiger partial charge < -0.3 is 14.6 Å². The van der Waals surface area contributed by atoms with E-state index in [1.165, 1.54) is 0 Å². The van der Waals surface area contributed by atoms with E-state index in [4.69, 9.17) is 26.8 Å². The van der Waals surface area contributed by atoms with Gasteiger partial charge in [-0.3, -0.25) is 15.0 Å². The molecule has 8 nitrogen and oxygen atoms in total. The van der Waals surface area contributed by atoms with Gasteiger partial charge in [0.25, 0.3) is 11.8 Å². The van der Waals surface area contributed by atoms with E-state index in [9.17, 15) is 14.4 Å². The Bertz CT molecular complexity index is 1360. The molecule has 1 aliphatic heterocycles. The first kappa shape index (κ1) is 26.9. The molecule has 10 heteroatoms. The van der Waals surface area contributed by atoms with Crippen molar-refractivity contribution in [3.05, 3.63) is 100 Å². The van der Waals surface area contributed by atoms with Crippen molar-refractivity contribution in [2.75, 3.05) is 0 Å². The number of hydrogen-bond acceptors (Lipinski definition) is 7. The molecule has 2 amide bonds. The number of hydrazine groups is 1. The van der Waals surface area contributed by atoms with Gasteiger partial charge in [0.05, 0.1) is 4.91 Å². The van der Waals surface area contributed by atoms with E-state index in [-0.39, 0.29) is 4.32 Å². The van der Waals surface area contributed by atoms with Gasteiger partial charge >= 0.3 is 5.97 Å². The van der Waals surface area contributed by atoms with Crippen LogP contribution in [0.1, 0.15) is 34.8 Å². The van der Waals surface area contributed by atoms with Crippen molar-refractivity contribution in [1.82, 2.24) is 10.4 Å². The Kier molecular flexibility index (Phi) is 8.77. The number of thiocarbonyl (C=S) groups is 1. The SMILES string of the molecule is CCC(Oc1ccc(/C=C2/SC(=S)N(NC(=O)c3ccc(OCc4ccccc4)cc3)C2=O)cc1)C(=O)O. The maximum absolute atomic E-state index is 12.9. The van der Waals surface area contributed by atoms with E-state index < -0.39 is 23.9 Å². The summed E-state index contributed by atoms with van der Waals surface area (Å²) in [6.07, 6.45) is 1.04. The summed E-state index contributed by atoms with van der Waals surface area (Å²) < 4.78 is 11.4. The number of carboxylic acid groups (broad SMARTS) is 1. The molecular weight excluding hydrogens is 524 g/mol. The molecule has 1 heterocycles. The van der Waals surface area contributed by atoms with Crippen molar-refractivity contribution in [3.63, 3.8) is 0 Å². The van der Waals surface area contributed by atoms with Crippen molar-refractivity contribution in [3.8, 4) is 11.5 Å². The smallest absolute Gasteiger partial charge is 0.344 e. The minimum Gasteiger partial charge on any atom is -0.489 e. The summed E-state index contributed by atoms with van der Waals surface area (Å²) in [5.74, 6) is -0.943. The second-order valence-electron chi connectivity index (χ2n) is 8.18. The maximum atomic E-state index is 12.9. The number of rotatable bonds is 10. The molecule has 3 aromatic rings. The van der Waals surface area contributed by atoms with Gasteiger partial charge in [-0.1, -0.05) is 61.2 Å². The molecule has 0 radical (unpaired) electrons. The number of aliphatic carboxylic acids is 1. The second-order valence-corrected chi connectivity index (χ2v) is 9.85. The van der Waals surface area contributed by atoms with Crippen molar-refractivity contribution >= 4 is 52.2 Å². The molecule has 3 aromatic carbocycles. The fourth-order valence-corrected chi connectivity index (χ4v) is 4.62. The quantitative estimate of drug-likeness (QED) is 0.268. The summed E-state index contributed by atoms with van der Waals surface area (Å²) in [7, 11) is 0. The zero-order valence-corrected chi connectivity index (χ0v) is 22.0. The molecule has 1 saturated heterocycles. The van der Waals surface area contributed by atoms with E-state index in [1.807, 2.05) is 30.3 Å². The Hall–Kier alpha value is -4.15. The van der Waals surface area contributed by atoms with Crippen LogP contribution in [0.2, 0.25) is 0 Å². The van der Waals surface area contributed by atoms with Crippen molar-refractivity contribution < 1.29 is 29.0 Å². The van der Waals surface area contributed by atoms with Crippen molar-refractivity contribution in [2.45, 2.75) is 26.1 Å². The Morgan fingerprint density at radius 2 is 1.68 bits per heavy atom. The Balaban J connectivity index is 1.35. The molecule has 38 heavy (non-hydrogen) atoms.